The first-order valence-corrected chi connectivity index (χ1v) is 10.1. The van der Waals surface area contributed by atoms with Gasteiger partial charge in [-0.3, -0.25) is 4.99 Å². The lowest BCUT2D eigenvalue weighted by Gasteiger charge is -2.07. The number of rotatable bonds is 6. The van der Waals surface area contributed by atoms with E-state index in [2.05, 4.69) is 36.3 Å². The van der Waals surface area contributed by atoms with E-state index in [9.17, 15) is 4.39 Å². The summed E-state index contributed by atoms with van der Waals surface area (Å²) in [7, 11) is 0. The maximum Gasteiger partial charge on any atom is 0.131 e. The van der Waals surface area contributed by atoms with Gasteiger partial charge in [0.15, 0.2) is 0 Å². The molecule has 0 aliphatic carbocycles. The summed E-state index contributed by atoms with van der Waals surface area (Å²) < 4.78 is 14.1. The van der Waals surface area contributed by atoms with Crippen molar-refractivity contribution < 1.29 is 4.39 Å². The zero-order valence-electron chi connectivity index (χ0n) is 16.9. The lowest BCUT2D eigenvalue weighted by Crippen LogP contribution is -1.99. The van der Waals surface area contributed by atoms with Gasteiger partial charge in [0.25, 0.3) is 0 Å². The van der Waals surface area contributed by atoms with E-state index < -0.39 is 0 Å². The summed E-state index contributed by atoms with van der Waals surface area (Å²) in [6.07, 6.45) is 4.02. The SMILES string of the molecule is CCc1ccc2[nH]cc(CCN=C(C)c3cccc(-c4ccccc4F)c3)c2c1. The maximum atomic E-state index is 14.1. The molecule has 0 saturated carbocycles. The highest BCUT2D eigenvalue weighted by atomic mass is 19.1. The normalized spacial score (nSPS) is 11.9. The molecule has 146 valence electrons. The average molecular weight is 384 g/mol. The summed E-state index contributed by atoms with van der Waals surface area (Å²) in [6, 6.07) is 21.4. The molecule has 0 amide bonds. The van der Waals surface area contributed by atoms with Crippen LogP contribution in [0.25, 0.3) is 22.0 Å². The van der Waals surface area contributed by atoms with Gasteiger partial charge in [-0.1, -0.05) is 49.4 Å². The van der Waals surface area contributed by atoms with Gasteiger partial charge < -0.3 is 4.98 Å². The van der Waals surface area contributed by atoms with E-state index >= 15 is 0 Å². The number of hydrogen-bond acceptors (Lipinski definition) is 1. The van der Waals surface area contributed by atoms with Crippen LogP contribution in [0.2, 0.25) is 0 Å². The number of aromatic nitrogens is 1. The molecule has 0 unspecified atom stereocenters. The van der Waals surface area contributed by atoms with Gasteiger partial charge in [0.2, 0.25) is 0 Å². The summed E-state index contributed by atoms with van der Waals surface area (Å²) in [4.78, 5) is 8.14. The molecule has 1 aromatic heterocycles. The van der Waals surface area contributed by atoms with Crippen LogP contribution < -0.4 is 0 Å². The van der Waals surface area contributed by atoms with Crippen LogP contribution in [0.5, 0.6) is 0 Å². The van der Waals surface area contributed by atoms with Crippen molar-refractivity contribution in [3.05, 3.63) is 95.4 Å². The van der Waals surface area contributed by atoms with Crippen LogP contribution >= 0.6 is 0 Å². The van der Waals surface area contributed by atoms with Gasteiger partial charge in [-0.05, 0) is 66.3 Å². The minimum absolute atomic E-state index is 0.204. The van der Waals surface area contributed by atoms with Crippen LogP contribution in [0.3, 0.4) is 0 Å². The molecule has 0 radical (unpaired) electrons. The smallest absolute Gasteiger partial charge is 0.131 e. The largest absolute Gasteiger partial charge is 0.361 e. The molecule has 2 nitrogen and oxygen atoms in total. The first-order valence-electron chi connectivity index (χ1n) is 10.1. The Morgan fingerprint density at radius 1 is 1.00 bits per heavy atom. The minimum Gasteiger partial charge on any atom is -0.361 e. The van der Waals surface area contributed by atoms with Crippen LogP contribution in [0.15, 0.2) is 77.9 Å². The third kappa shape index (κ3) is 4.14. The Bertz CT molecular complexity index is 1170. The predicted octanol–water partition coefficient (Wildman–Crippen LogP) is 6.59. The lowest BCUT2D eigenvalue weighted by atomic mass is 10.0. The molecule has 1 N–H and O–H groups in total. The number of hydrogen-bond donors (Lipinski definition) is 1. The molecule has 0 atom stereocenters. The number of aryl methyl sites for hydroxylation is 1. The van der Waals surface area contributed by atoms with Crippen molar-refractivity contribution in [3.8, 4) is 11.1 Å². The van der Waals surface area contributed by atoms with Crippen molar-refractivity contribution in [2.45, 2.75) is 26.7 Å². The Hall–Kier alpha value is -3.20. The van der Waals surface area contributed by atoms with Crippen molar-refractivity contribution in [2.75, 3.05) is 6.54 Å². The van der Waals surface area contributed by atoms with Crippen molar-refractivity contribution in [1.82, 2.24) is 4.98 Å². The number of aromatic amines is 1. The van der Waals surface area contributed by atoms with E-state index in [1.807, 2.05) is 43.3 Å². The first-order chi connectivity index (χ1) is 14.2. The number of fused-ring (bicyclic) bond motifs is 1. The van der Waals surface area contributed by atoms with Crippen molar-refractivity contribution in [2.24, 2.45) is 4.99 Å². The zero-order valence-corrected chi connectivity index (χ0v) is 16.9. The van der Waals surface area contributed by atoms with Gasteiger partial charge in [-0.2, -0.15) is 0 Å². The fourth-order valence-corrected chi connectivity index (χ4v) is 3.69. The Balaban J connectivity index is 1.51. The molecule has 0 fully saturated rings. The molecule has 1 heterocycles. The summed E-state index contributed by atoms with van der Waals surface area (Å²) in [5.41, 5.74) is 7.31. The van der Waals surface area contributed by atoms with Gasteiger partial charge >= 0.3 is 0 Å². The Labute approximate surface area is 171 Å². The number of aliphatic imine (C=N–C) groups is 1. The third-order valence-electron chi connectivity index (χ3n) is 5.44. The molecule has 0 saturated heterocycles. The van der Waals surface area contributed by atoms with E-state index in [0.717, 1.165) is 36.2 Å². The number of nitrogens with one attached hydrogen (secondary N) is 1. The highest BCUT2D eigenvalue weighted by Crippen LogP contribution is 2.24. The van der Waals surface area contributed by atoms with Gasteiger partial charge in [0, 0.05) is 34.9 Å². The fraction of sp³-hybridized carbons (Fsp3) is 0.192. The molecule has 4 aromatic rings. The van der Waals surface area contributed by atoms with E-state index in [0.29, 0.717) is 5.56 Å². The maximum absolute atomic E-state index is 14.1. The van der Waals surface area contributed by atoms with E-state index in [1.165, 1.54) is 28.1 Å². The Kier molecular flexibility index (Phi) is 5.57. The topological polar surface area (TPSA) is 28.1 Å². The fourth-order valence-electron chi connectivity index (χ4n) is 3.69. The van der Waals surface area contributed by atoms with Gasteiger partial charge in [-0.25, -0.2) is 4.39 Å². The summed E-state index contributed by atoms with van der Waals surface area (Å²) in [5.74, 6) is -0.204. The minimum atomic E-state index is -0.204. The van der Waals surface area contributed by atoms with Gasteiger partial charge in [0.05, 0.1) is 0 Å². The third-order valence-corrected chi connectivity index (χ3v) is 5.44. The summed E-state index contributed by atoms with van der Waals surface area (Å²) >= 11 is 0. The second-order valence-corrected chi connectivity index (χ2v) is 7.33. The molecule has 4 rings (SSSR count). The zero-order chi connectivity index (χ0) is 20.2. The quantitative estimate of drug-likeness (QED) is 0.363. The molecule has 3 aromatic carbocycles. The van der Waals surface area contributed by atoms with Gasteiger partial charge in [-0.15, -0.1) is 0 Å². The van der Waals surface area contributed by atoms with Crippen LogP contribution in [0.1, 0.15) is 30.5 Å². The number of H-pyrrole nitrogens is 1. The highest BCUT2D eigenvalue weighted by molar-refractivity contribution is 5.99. The van der Waals surface area contributed by atoms with Crippen LogP contribution in [-0.2, 0) is 12.8 Å². The number of benzene rings is 3. The van der Waals surface area contributed by atoms with Crippen molar-refractivity contribution >= 4 is 16.6 Å². The molecular formula is C26H25FN2. The standard InChI is InChI=1S/C26H25FN2/c1-3-19-11-12-26-24(15-19)22(17-29-26)13-14-28-18(2)20-7-6-8-21(16-20)23-9-4-5-10-25(23)27/h4-12,15-17,29H,3,13-14H2,1-2H3. The molecule has 3 heteroatoms. The van der Waals surface area contributed by atoms with E-state index in [1.54, 1.807) is 6.07 Å². The Morgan fingerprint density at radius 2 is 1.86 bits per heavy atom. The predicted molar refractivity (Wildman–Crippen MR) is 120 cm³/mol. The number of halogens is 1. The second-order valence-electron chi connectivity index (χ2n) is 7.33. The van der Waals surface area contributed by atoms with Crippen LogP contribution in [-0.4, -0.2) is 17.2 Å². The average Bonchev–Trinajstić information content (AvgIpc) is 3.16. The van der Waals surface area contributed by atoms with E-state index in [4.69, 9.17) is 4.99 Å². The lowest BCUT2D eigenvalue weighted by molar-refractivity contribution is 0.631. The van der Waals surface area contributed by atoms with Gasteiger partial charge in [0.1, 0.15) is 5.82 Å². The van der Waals surface area contributed by atoms with Crippen molar-refractivity contribution in [1.29, 1.82) is 0 Å². The summed E-state index contributed by atoms with van der Waals surface area (Å²) in [6.45, 7) is 4.92. The molecule has 0 bridgehead atoms. The van der Waals surface area contributed by atoms with E-state index in [-0.39, 0.29) is 5.82 Å². The molecule has 0 spiro atoms. The Morgan fingerprint density at radius 3 is 2.69 bits per heavy atom. The summed E-state index contributed by atoms with van der Waals surface area (Å²) in [5, 5.41) is 1.29. The molecule has 0 aliphatic rings. The molecule has 0 aliphatic heterocycles. The molecular weight excluding hydrogens is 359 g/mol. The second kappa shape index (κ2) is 8.44. The van der Waals surface area contributed by atoms with Crippen LogP contribution in [0, 0.1) is 5.82 Å². The first kappa shape index (κ1) is 19.1. The monoisotopic (exact) mass is 384 g/mol. The molecule has 29 heavy (non-hydrogen) atoms. The highest BCUT2D eigenvalue weighted by Gasteiger charge is 2.07. The van der Waals surface area contributed by atoms with Crippen molar-refractivity contribution in [3.63, 3.8) is 0 Å². The van der Waals surface area contributed by atoms with Crippen LogP contribution in [0.4, 0.5) is 4.39 Å². The number of nitrogens with zero attached hydrogens (tertiary/aromatic N) is 1.